The molecule has 1 aromatic carbocycles. The van der Waals surface area contributed by atoms with Gasteiger partial charge in [-0.3, -0.25) is 0 Å². The van der Waals surface area contributed by atoms with Gasteiger partial charge in [-0.05, 0) is 25.3 Å². The van der Waals surface area contributed by atoms with E-state index in [0.29, 0.717) is 0 Å². The van der Waals surface area contributed by atoms with E-state index in [1.807, 2.05) is 25.1 Å². The highest BCUT2D eigenvalue weighted by Crippen LogP contribution is 2.03. The van der Waals surface area contributed by atoms with E-state index in [2.05, 4.69) is 17.6 Å². The van der Waals surface area contributed by atoms with Crippen LogP contribution in [0.3, 0.4) is 0 Å². The molecule has 0 bridgehead atoms. The van der Waals surface area contributed by atoms with E-state index in [1.165, 1.54) is 5.56 Å². The van der Waals surface area contributed by atoms with Gasteiger partial charge in [0, 0.05) is 6.04 Å². The molecular formula is C10H15NO. The van der Waals surface area contributed by atoms with Crippen LogP contribution in [-0.2, 0) is 6.42 Å². The zero-order valence-electron chi connectivity index (χ0n) is 7.33. The van der Waals surface area contributed by atoms with Crippen molar-refractivity contribution in [2.45, 2.75) is 25.8 Å². The summed E-state index contributed by atoms with van der Waals surface area (Å²) in [5.41, 5.74) is 3.55. The third kappa shape index (κ3) is 3.03. The van der Waals surface area contributed by atoms with Gasteiger partial charge in [0.15, 0.2) is 0 Å². The van der Waals surface area contributed by atoms with Gasteiger partial charge in [-0.15, -0.1) is 0 Å². The number of aryl methyl sites for hydroxylation is 1. The molecule has 1 aromatic rings. The fourth-order valence-electron chi connectivity index (χ4n) is 1.09. The highest BCUT2D eigenvalue weighted by molar-refractivity contribution is 5.14. The summed E-state index contributed by atoms with van der Waals surface area (Å²) in [6.07, 6.45) is 1.97. The minimum Gasteiger partial charge on any atom is -0.317 e. The van der Waals surface area contributed by atoms with Gasteiger partial charge in [0.05, 0.1) is 0 Å². The highest BCUT2D eigenvalue weighted by Gasteiger charge is 1.98. The summed E-state index contributed by atoms with van der Waals surface area (Å²) in [6.45, 7) is 1.96. The highest BCUT2D eigenvalue weighted by atomic mass is 16.5. The Kier molecular flexibility index (Phi) is 3.77. The minimum absolute atomic E-state index is 0.171. The van der Waals surface area contributed by atoms with Gasteiger partial charge in [-0.25, -0.2) is 5.48 Å². The van der Waals surface area contributed by atoms with Crippen molar-refractivity contribution < 1.29 is 5.21 Å². The summed E-state index contributed by atoms with van der Waals surface area (Å²) in [4.78, 5) is 0. The first-order chi connectivity index (χ1) is 5.83. The molecule has 0 saturated carbocycles. The largest absolute Gasteiger partial charge is 0.317 e. The fraction of sp³-hybridized carbons (Fsp3) is 0.400. The van der Waals surface area contributed by atoms with Crippen LogP contribution in [-0.4, -0.2) is 11.2 Å². The molecule has 1 rings (SSSR count). The number of rotatable bonds is 4. The van der Waals surface area contributed by atoms with Gasteiger partial charge < -0.3 is 5.21 Å². The first-order valence-corrected chi connectivity index (χ1v) is 4.26. The molecule has 0 aliphatic heterocycles. The van der Waals surface area contributed by atoms with Gasteiger partial charge in [0.25, 0.3) is 0 Å². The summed E-state index contributed by atoms with van der Waals surface area (Å²) in [7, 11) is 0. The summed E-state index contributed by atoms with van der Waals surface area (Å²) in [5.74, 6) is 0. The Morgan fingerprint density at radius 2 is 2.00 bits per heavy atom. The second kappa shape index (κ2) is 4.91. The van der Waals surface area contributed by atoms with Crippen LogP contribution in [0.1, 0.15) is 18.9 Å². The Morgan fingerprint density at radius 1 is 1.33 bits per heavy atom. The molecule has 2 heteroatoms. The molecular weight excluding hydrogens is 150 g/mol. The fourth-order valence-corrected chi connectivity index (χ4v) is 1.09. The molecule has 0 radical (unpaired) electrons. The Bertz CT molecular complexity index is 210. The number of hydrogen-bond donors (Lipinski definition) is 2. The summed E-state index contributed by atoms with van der Waals surface area (Å²) < 4.78 is 0. The molecule has 0 unspecified atom stereocenters. The van der Waals surface area contributed by atoms with E-state index in [0.717, 1.165) is 12.8 Å². The molecule has 0 saturated heterocycles. The second-order valence-corrected chi connectivity index (χ2v) is 3.05. The van der Waals surface area contributed by atoms with Crippen LogP contribution < -0.4 is 5.48 Å². The van der Waals surface area contributed by atoms with Crippen LogP contribution in [0.25, 0.3) is 0 Å². The molecule has 0 amide bonds. The first kappa shape index (κ1) is 9.23. The normalized spacial score (nSPS) is 12.8. The Morgan fingerprint density at radius 3 is 2.58 bits per heavy atom. The van der Waals surface area contributed by atoms with Crippen molar-refractivity contribution in [2.75, 3.05) is 0 Å². The molecule has 1 atom stereocenters. The van der Waals surface area contributed by atoms with Crippen LogP contribution in [0.2, 0.25) is 0 Å². The van der Waals surface area contributed by atoms with Gasteiger partial charge in [-0.1, -0.05) is 30.3 Å². The van der Waals surface area contributed by atoms with Crippen molar-refractivity contribution in [2.24, 2.45) is 0 Å². The van der Waals surface area contributed by atoms with Crippen LogP contribution >= 0.6 is 0 Å². The van der Waals surface area contributed by atoms with Crippen molar-refractivity contribution in [3.63, 3.8) is 0 Å². The molecule has 0 fully saturated rings. The Labute approximate surface area is 73.2 Å². The average molecular weight is 165 g/mol. The number of hydrogen-bond acceptors (Lipinski definition) is 2. The lowest BCUT2D eigenvalue weighted by Gasteiger charge is -2.07. The maximum Gasteiger partial charge on any atom is 0.0294 e. The number of hydroxylamine groups is 1. The van der Waals surface area contributed by atoms with E-state index in [4.69, 9.17) is 5.21 Å². The zero-order valence-corrected chi connectivity index (χ0v) is 7.33. The van der Waals surface area contributed by atoms with E-state index in [-0.39, 0.29) is 6.04 Å². The molecule has 2 nitrogen and oxygen atoms in total. The van der Waals surface area contributed by atoms with Gasteiger partial charge in [-0.2, -0.15) is 0 Å². The van der Waals surface area contributed by atoms with E-state index in [9.17, 15) is 0 Å². The standard InChI is InChI=1S/C10H15NO/c1-9(11-12)7-8-10-5-3-2-4-6-10/h2-6,9,11-12H,7-8H2,1H3/t9-/m1/s1. The first-order valence-electron chi connectivity index (χ1n) is 4.26. The third-order valence-electron chi connectivity index (χ3n) is 1.93. The van der Waals surface area contributed by atoms with Gasteiger partial charge in [0.2, 0.25) is 0 Å². The predicted molar refractivity (Wildman–Crippen MR) is 49.1 cm³/mol. The monoisotopic (exact) mass is 165 g/mol. The van der Waals surface area contributed by atoms with Gasteiger partial charge in [0.1, 0.15) is 0 Å². The molecule has 66 valence electrons. The summed E-state index contributed by atoms with van der Waals surface area (Å²) >= 11 is 0. The van der Waals surface area contributed by atoms with E-state index >= 15 is 0 Å². The molecule has 12 heavy (non-hydrogen) atoms. The van der Waals surface area contributed by atoms with Gasteiger partial charge >= 0.3 is 0 Å². The summed E-state index contributed by atoms with van der Waals surface area (Å²) in [6, 6.07) is 10.5. The van der Waals surface area contributed by atoms with Crippen molar-refractivity contribution in [1.82, 2.24) is 5.48 Å². The second-order valence-electron chi connectivity index (χ2n) is 3.05. The number of nitrogens with one attached hydrogen (secondary N) is 1. The van der Waals surface area contributed by atoms with Crippen molar-refractivity contribution >= 4 is 0 Å². The lowest BCUT2D eigenvalue weighted by atomic mass is 10.1. The van der Waals surface area contributed by atoms with Crippen molar-refractivity contribution in [3.05, 3.63) is 35.9 Å². The minimum atomic E-state index is 0.171. The zero-order chi connectivity index (χ0) is 8.81. The molecule has 2 N–H and O–H groups in total. The Balaban J connectivity index is 2.33. The summed E-state index contributed by atoms with van der Waals surface area (Å²) in [5, 5.41) is 8.56. The van der Waals surface area contributed by atoms with E-state index < -0.39 is 0 Å². The quantitative estimate of drug-likeness (QED) is 0.669. The smallest absolute Gasteiger partial charge is 0.0294 e. The Hall–Kier alpha value is -0.860. The predicted octanol–water partition coefficient (Wildman–Crippen LogP) is 1.99. The van der Waals surface area contributed by atoms with Crippen LogP contribution in [0.15, 0.2) is 30.3 Å². The average Bonchev–Trinajstić information content (AvgIpc) is 2.16. The topological polar surface area (TPSA) is 32.3 Å². The van der Waals surface area contributed by atoms with Crippen molar-refractivity contribution in [3.8, 4) is 0 Å². The van der Waals surface area contributed by atoms with Crippen LogP contribution in [0.5, 0.6) is 0 Å². The van der Waals surface area contributed by atoms with Crippen LogP contribution in [0.4, 0.5) is 0 Å². The molecule has 0 heterocycles. The lowest BCUT2D eigenvalue weighted by molar-refractivity contribution is 0.129. The number of benzene rings is 1. The molecule has 0 aromatic heterocycles. The molecule has 0 aliphatic carbocycles. The lowest BCUT2D eigenvalue weighted by Crippen LogP contribution is -2.22. The van der Waals surface area contributed by atoms with Crippen molar-refractivity contribution in [1.29, 1.82) is 0 Å². The molecule has 0 aliphatic rings. The maximum atomic E-state index is 8.56. The molecule has 0 spiro atoms. The van der Waals surface area contributed by atoms with E-state index in [1.54, 1.807) is 0 Å². The SMILES string of the molecule is C[C@H](CCc1ccccc1)NO. The maximum absolute atomic E-state index is 8.56. The third-order valence-corrected chi connectivity index (χ3v) is 1.93. The van der Waals surface area contributed by atoms with Crippen LogP contribution in [0, 0.1) is 0 Å².